The van der Waals surface area contributed by atoms with Crippen molar-refractivity contribution in [3.05, 3.63) is 84.4 Å². The molecular weight excluding hydrogens is 332 g/mol. The van der Waals surface area contributed by atoms with Crippen LogP contribution < -0.4 is 9.47 Å². The molecule has 0 fully saturated rings. The molecule has 0 aliphatic heterocycles. The van der Waals surface area contributed by atoms with Gasteiger partial charge in [-0.2, -0.15) is 0 Å². The Hall–Kier alpha value is -2.74. The molecule has 0 aliphatic rings. The van der Waals surface area contributed by atoms with Gasteiger partial charge in [-0.1, -0.05) is 74.5 Å². The highest BCUT2D eigenvalue weighted by atomic mass is 16.5. The molecule has 0 aromatic heterocycles. The molecule has 0 radical (unpaired) electrons. The molecule has 0 N–H and O–H groups in total. The third-order valence-corrected chi connectivity index (χ3v) is 4.85. The van der Waals surface area contributed by atoms with Gasteiger partial charge >= 0.3 is 0 Å². The van der Waals surface area contributed by atoms with Crippen LogP contribution in [0.1, 0.15) is 38.7 Å². The van der Waals surface area contributed by atoms with E-state index in [-0.39, 0.29) is 6.10 Å². The highest BCUT2D eigenvalue weighted by molar-refractivity contribution is 5.70. The zero-order chi connectivity index (χ0) is 19.1. The van der Waals surface area contributed by atoms with Gasteiger partial charge in [-0.3, -0.25) is 0 Å². The monoisotopic (exact) mass is 360 g/mol. The van der Waals surface area contributed by atoms with E-state index in [9.17, 15) is 0 Å². The Bertz CT molecular complexity index is 824. The molecule has 2 atom stereocenters. The Morgan fingerprint density at radius 1 is 0.778 bits per heavy atom. The summed E-state index contributed by atoms with van der Waals surface area (Å²) in [4.78, 5) is 0. The van der Waals surface area contributed by atoms with Crippen LogP contribution in [0.5, 0.6) is 11.5 Å². The molecule has 0 saturated heterocycles. The number of hydrogen-bond donors (Lipinski definition) is 0. The SMILES string of the molecule is CCC(C)c1ccc(OCC(C)Oc2ccccc2-c2ccccc2)cc1. The van der Waals surface area contributed by atoms with E-state index in [4.69, 9.17) is 9.47 Å². The highest BCUT2D eigenvalue weighted by Gasteiger charge is 2.11. The molecule has 2 heteroatoms. The van der Waals surface area contributed by atoms with Gasteiger partial charge in [0, 0.05) is 5.56 Å². The zero-order valence-corrected chi connectivity index (χ0v) is 16.4. The predicted octanol–water partition coefficient (Wildman–Crippen LogP) is 6.71. The van der Waals surface area contributed by atoms with Crippen molar-refractivity contribution in [1.82, 2.24) is 0 Å². The molecular formula is C25H28O2. The van der Waals surface area contributed by atoms with Crippen LogP contribution in [0.4, 0.5) is 0 Å². The lowest BCUT2D eigenvalue weighted by atomic mass is 9.99. The van der Waals surface area contributed by atoms with Crippen molar-refractivity contribution >= 4 is 0 Å². The fraction of sp³-hybridized carbons (Fsp3) is 0.280. The van der Waals surface area contributed by atoms with Crippen LogP contribution in [0, 0.1) is 0 Å². The van der Waals surface area contributed by atoms with Gasteiger partial charge in [0.05, 0.1) is 0 Å². The summed E-state index contributed by atoms with van der Waals surface area (Å²) >= 11 is 0. The lowest BCUT2D eigenvalue weighted by Gasteiger charge is -2.18. The van der Waals surface area contributed by atoms with Gasteiger partial charge in [0.15, 0.2) is 0 Å². The lowest BCUT2D eigenvalue weighted by molar-refractivity contribution is 0.143. The fourth-order valence-corrected chi connectivity index (χ4v) is 3.02. The second kappa shape index (κ2) is 9.27. The smallest absolute Gasteiger partial charge is 0.130 e. The molecule has 0 amide bonds. The molecule has 0 spiro atoms. The Labute approximate surface area is 162 Å². The van der Waals surface area contributed by atoms with E-state index in [1.54, 1.807) is 0 Å². The van der Waals surface area contributed by atoms with Crippen LogP contribution in [-0.2, 0) is 0 Å². The van der Waals surface area contributed by atoms with Crippen LogP contribution >= 0.6 is 0 Å². The molecule has 140 valence electrons. The van der Waals surface area contributed by atoms with E-state index in [1.807, 2.05) is 55.5 Å². The maximum Gasteiger partial charge on any atom is 0.130 e. The Morgan fingerprint density at radius 3 is 2.15 bits per heavy atom. The van der Waals surface area contributed by atoms with Crippen molar-refractivity contribution in [3.63, 3.8) is 0 Å². The molecule has 0 aliphatic carbocycles. The van der Waals surface area contributed by atoms with E-state index >= 15 is 0 Å². The van der Waals surface area contributed by atoms with Crippen molar-refractivity contribution in [1.29, 1.82) is 0 Å². The van der Waals surface area contributed by atoms with Gasteiger partial charge < -0.3 is 9.47 Å². The largest absolute Gasteiger partial charge is 0.490 e. The average Bonchev–Trinajstić information content (AvgIpc) is 2.73. The quantitative estimate of drug-likeness (QED) is 0.444. The minimum Gasteiger partial charge on any atom is -0.490 e. The Balaban J connectivity index is 1.61. The first kappa shape index (κ1) is 19.0. The minimum atomic E-state index is -0.0518. The molecule has 0 bridgehead atoms. The first-order valence-electron chi connectivity index (χ1n) is 9.71. The van der Waals surface area contributed by atoms with Crippen LogP contribution in [0.2, 0.25) is 0 Å². The topological polar surface area (TPSA) is 18.5 Å². The van der Waals surface area contributed by atoms with Crippen molar-refractivity contribution in [2.24, 2.45) is 0 Å². The summed E-state index contributed by atoms with van der Waals surface area (Å²) in [5, 5.41) is 0. The zero-order valence-electron chi connectivity index (χ0n) is 16.4. The molecule has 3 aromatic rings. The summed E-state index contributed by atoms with van der Waals surface area (Å²) < 4.78 is 12.1. The number of para-hydroxylation sites is 1. The summed E-state index contributed by atoms with van der Waals surface area (Å²) in [7, 11) is 0. The molecule has 3 rings (SSSR count). The second-order valence-corrected chi connectivity index (χ2v) is 6.98. The first-order valence-corrected chi connectivity index (χ1v) is 9.71. The van der Waals surface area contributed by atoms with Gasteiger partial charge in [0.25, 0.3) is 0 Å². The molecule has 2 unspecified atom stereocenters. The van der Waals surface area contributed by atoms with Crippen LogP contribution in [-0.4, -0.2) is 12.7 Å². The molecule has 0 heterocycles. The van der Waals surface area contributed by atoms with E-state index in [2.05, 4.69) is 44.2 Å². The maximum absolute atomic E-state index is 6.18. The molecule has 27 heavy (non-hydrogen) atoms. The van der Waals surface area contributed by atoms with Crippen LogP contribution in [0.25, 0.3) is 11.1 Å². The standard InChI is InChI=1S/C25H28O2/c1-4-19(2)21-14-16-23(17-15-21)26-18-20(3)27-25-13-9-8-12-24(25)22-10-6-5-7-11-22/h5-17,19-20H,4,18H2,1-3H3. The minimum absolute atomic E-state index is 0.0518. The lowest BCUT2D eigenvalue weighted by Crippen LogP contribution is -2.21. The number of benzene rings is 3. The van der Waals surface area contributed by atoms with E-state index in [0.717, 1.165) is 29.0 Å². The molecule has 2 nitrogen and oxygen atoms in total. The van der Waals surface area contributed by atoms with Gasteiger partial charge in [0.1, 0.15) is 24.2 Å². The average molecular weight is 360 g/mol. The third-order valence-electron chi connectivity index (χ3n) is 4.85. The van der Waals surface area contributed by atoms with Crippen molar-refractivity contribution in [2.75, 3.05) is 6.61 Å². The van der Waals surface area contributed by atoms with E-state index < -0.39 is 0 Å². The van der Waals surface area contributed by atoms with Gasteiger partial charge in [0.2, 0.25) is 0 Å². The fourth-order valence-electron chi connectivity index (χ4n) is 3.02. The second-order valence-electron chi connectivity index (χ2n) is 6.98. The summed E-state index contributed by atoms with van der Waals surface area (Å²) in [6.45, 7) is 7.00. The van der Waals surface area contributed by atoms with Gasteiger partial charge in [-0.05, 0) is 48.6 Å². The van der Waals surface area contributed by atoms with E-state index in [1.165, 1.54) is 5.56 Å². The maximum atomic E-state index is 6.18. The van der Waals surface area contributed by atoms with Crippen LogP contribution in [0.15, 0.2) is 78.9 Å². The molecule has 0 saturated carbocycles. The number of hydrogen-bond acceptors (Lipinski definition) is 2. The summed E-state index contributed by atoms with van der Waals surface area (Å²) in [6, 6.07) is 26.9. The van der Waals surface area contributed by atoms with Gasteiger partial charge in [-0.15, -0.1) is 0 Å². The summed E-state index contributed by atoms with van der Waals surface area (Å²) in [5.74, 6) is 2.34. The Morgan fingerprint density at radius 2 is 1.44 bits per heavy atom. The van der Waals surface area contributed by atoms with Gasteiger partial charge in [-0.25, -0.2) is 0 Å². The third kappa shape index (κ3) is 5.13. The van der Waals surface area contributed by atoms with Crippen molar-refractivity contribution < 1.29 is 9.47 Å². The number of rotatable bonds is 8. The van der Waals surface area contributed by atoms with E-state index in [0.29, 0.717) is 12.5 Å². The summed E-state index contributed by atoms with van der Waals surface area (Å²) in [6.07, 6.45) is 1.09. The highest BCUT2D eigenvalue weighted by Crippen LogP contribution is 2.30. The number of ether oxygens (including phenoxy) is 2. The summed E-state index contributed by atoms with van der Waals surface area (Å²) in [5.41, 5.74) is 3.61. The van der Waals surface area contributed by atoms with Crippen molar-refractivity contribution in [3.8, 4) is 22.6 Å². The normalized spacial score (nSPS) is 13.0. The van der Waals surface area contributed by atoms with Crippen LogP contribution in [0.3, 0.4) is 0 Å². The first-order chi connectivity index (χ1) is 13.2. The Kier molecular flexibility index (Phi) is 6.54. The van der Waals surface area contributed by atoms with Crippen molar-refractivity contribution in [2.45, 2.75) is 39.2 Å². The predicted molar refractivity (Wildman–Crippen MR) is 113 cm³/mol. The molecule has 3 aromatic carbocycles.